The number of likely N-dealkylation sites (tertiary alicyclic amines) is 1. The average Bonchev–Trinajstić information content (AvgIpc) is 2.46. The Bertz CT molecular complexity index is 648. The van der Waals surface area contributed by atoms with E-state index in [0.29, 0.717) is 6.54 Å². The Morgan fingerprint density at radius 2 is 2.05 bits per heavy atom. The van der Waals surface area contributed by atoms with Crippen molar-refractivity contribution in [2.75, 3.05) is 6.54 Å². The highest BCUT2D eigenvalue weighted by Crippen LogP contribution is 2.21. The van der Waals surface area contributed by atoms with E-state index in [9.17, 15) is 13.2 Å². The molecule has 0 radical (unpaired) electrons. The number of hydrogen-bond acceptors (Lipinski definition) is 3. The predicted octanol–water partition coefficient (Wildman–Crippen LogP) is 2.41. The molecule has 1 aromatic rings. The van der Waals surface area contributed by atoms with Crippen molar-refractivity contribution in [1.29, 1.82) is 0 Å². The molecule has 0 saturated carbocycles. The molecule has 1 heterocycles. The molecule has 0 unspecified atom stereocenters. The quantitative estimate of drug-likeness (QED) is 0.912. The number of halogens is 1. The summed E-state index contributed by atoms with van der Waals surface area (Å²) in [7, 11) is -3.82. The fraction of sp³-hybridized carbons (Fsp3) is 0.533. The molecule has 1 fully saturated rings. The molecule has 0 aromatic heterocycles. The minimum Gasteiger partial charge on any atom is -0.339 e. The van der Waals surface area contributed by atoms with E-state index >= 15 is 0 Å². The molecule has 2 rings (SSSR count). The van der Waals surface area contributed by atoms with Crippen LogP contribution in [0.25, 0.3) is 0 Å². The predicted molar refractivity (Wildman–Crippen MR) is 86.3 cm³/mol. The second-order valence-corrected chi connectivity index (χ2v) is 7.74. The first-order valence-electron chi connectivity index (χ1n) is 7.40. The van der Waals surface area contributed by atoms with Crippen LogP contribution in [0, 0.1) is 0 Å². The van der Waals surface area contributed by atoms with E-state index in [4.69, 9.17) is 11.6 Å². The third-order valence-electron chi connectivity index (χ3n) is 3.91. The third-order valence-corrected chi connectivity index (χ3v) is 5.96. The van der Waals surface area contributed by atoms with Crippen molar-refractivity contribution in [3.05, 3.63) is 29.3 Å². The maximum Gasteiger partial charge on any atom is 0.242 e. The molecule has 5 nitrogen and oxygen atoms in total. The lowest BCUT2D eigenvalue weighted by Gasteiger charge is -2.35. The molecule has 1 aliphatic heterocycles. The van der Waals surface area contributed by atoms with Crippen LogP contribution in [0.15, 0.2) is 29.2 Å². The van der Waals surface area contributed by atoms with Gasteiger partial charge in [0.1, 0.15) is 4.90 Å². The second-order valence-electron chi connectivity index (χ2n) is 5.65. The van der Waals surface area contributed by atoms with Crippen molar-refractivity contribution < 1.29 is 13.2 Å². The molecule has 1 aromatic carbocycles. The van der Waals surface area contributed by atoms with E-state index < -0.39 is 16.1 Å². The molecule has 2 atom stereocenters. The first-order chi connectivity index (χ1) is 10.3. The van der Waals surface area contributed by atoms with Gasteiger partial charge >= 0.3 is 0 Å². The van der Waals surface area contributed by atoms with Gasteiger partial charge in [0.2, 0.25) is 15.9 Å². The van der Waals surface area contributed by atoms with Gasteiger partial charge in [0.15, 0.2) is 0 Å². The summed E-state index contributed by atoms with van der Waals surface area (Å²) in [5.74, 6) is -0.192. The lowest BCUT2D eigenvalue weighted by Crippen LogP contribution is -2.51. The molecular weight excluding hydrogens is 324 g/mol. The summed E-state index contributed by atoms with van der Waals surface area (Å²) in [5, 5.41) is 0.140. The van der Waals surface area contributed by atoms with Gasteiger partial charge in [0.05, 0.1) is 11.1 Å². The Labute approximate surface area is 136 Å². The Morgan fingerprint density at radius 1 is 1.36 bits per heavy atom. The number of benzene rings is 1. The van der Waals surface area contributed by atoms with Gasteiger partial charge in [-0.05, 0) is 45.2 Å². The van der Waals surface area contributed by atoms with Crippen molar-refractivity contribution in [1.82, 2.24) is 9.62 Å². The molecule has 1 amide bonds. The topological polar surface area (TPSA) is 66.5 Å². The maximum absolute atomic E-state index is 12.5. The highest BCUT2D eigenvalue weighted by Gasteiger charge is 2.30. The van der Waals surface area contributed by atoms with Crippen LogP contribution in [-0.4, -0.2) is 37.9 Å². The minimum absolute atomic E-state index is 0.0111. The SMILES string of the molecule is C[C@H](NS(=O)(=O)c1ccccc1Cl)C(=O)N1CCCC[C@H]1C. The molecule has 7 heteroatoms. The van der Waals surface area contributed by atoms with Gasteiger partial charge in [-0.15, -0.1) is 0 Å². The van der Waals surface area contributed by atoms with Crippen LogP contribution in [-0.2, 0) is 14.8 Å². The Kier molecular flexibility index (Phi) is 5.47. The first kappa shape index (κ1) is 17.2. The lowest BCUT2D eigenvalue weighted by molar-refractivity contribution is -0.135. The number of sulfonamides is 1. The fourth-order valence-electron chi connectivity index (χ4n) is 2.68. The summed E-state index contributed by atoms with van der Waals surface area (Å²) in [6.07, 6.45) is 3.01. The molecule has 0 spiro atoms. The van der Waals surface area contributed by atoms with Crippen LogP contribution in [0.1, 0.15) is 33.1 Å². The van der Waals surface area contributed by atoms with Crippen LogP contribution in [0.4, 0.5) is 0 Å². The van der Waals surface area contributed by atoms with Gasteiger partial charge in [-0.3, -0.25) is 4.79 Å². The summed E-state index contributed by atoms with van der Waals surface area (Å²) in [6, 6.07) is 5.52. The van der Waals surface area contributed by atoms with Gasteiger partial charge in [-0.25, -0.2) is 8.42 Å². The van der Waals surface area contributed by atoms with E-state index in [2.05, 4.69) is 4.72 Å². The highest BCUT2D eigenvalue weighted by atomic mass is 35.5. The van der Waals surface area contributed by atoms with E-state index in [1.807, 2.05) is 6.92 Å². The minimum atomic E-state index is -3.82. The van der Waals surface area contributed by atoms with Gasteiger partial charge in [-0.2, -0.15) is 4.72 Å². The zero-order valence-electron chi connectivity index (χ0n) is 12.8. The number of amides is 1. The standard InChI is InChI=1S/C15H21ClN2O3S/c1-11-7-5-6-10-18(11)15(19)12(2)17-22(20,21)14-9-4-3-8-13(14)16/h3-4,8-9,11-12,17H,5-7,10H2,1-2H3/t11-,12+/m1/s1. The largest absolute Gasteiger partial charge is 0.339 e. The van der Waals surface area contributed by atoms with Crippen molar-refractivity contribution >= 4 is 27.5 Å². The summed E-state index contributed by atoms with van der Waals surface area (Å²) >= 11 is 5.93. The van der Waals surface area contributed by atoms with E-state index in [1.165, 1.54) is 12.1 Å². The molecule has 1 N–H and O–H groups in total. The zero-order valence-corrected chi connectivity index (χ0v) is 14.3. The van der Waals surface area contributed by atoms with E-state index in [1.54, 1.807) is 24.0 Å². The van der Waals surface area contributed by atoms with Crippen molar-refractivity contribution in [3.8, 4) is 0 Å². The van der Waals surface area contributed by atoms with Crippen LogP contribution in [0.5, 0.6) is 0 Å². The molecule has 122 valence electrons. The number of piperidine rings is 1. The van der Waals surface area contributed by atoms with Crippen LogP contribution >= 0.6 is 11.6 Å². The van der Waals surface area contributed by atoms with E-state index in [-0.39, 0.29) is 21.9 Å². The summed E-state index contributed by atoms with van der Waals surface area (Å²) in [4.78, 5) is 14.2. The smallest absolute Gasteiger partial charge is 0.242 e. The fourth-order valence-corrected chi connectivity index (χ4v) is 4.40. The van der Waals surface area contributed by atoms with Crippen molar-refractivity contribution in [3.63, 3.8) is 0 Å². The Balaban J connectivity index is 2.12. The maximum atomic E-state index is 12.5. The molecular formula is C15H21ClN2O3S. The van der Waals surface area contributed by atoms with Crippen molar-refractivity contribution in [2.24, 2.45) is 0 Å². The van der Waals surface area contributed by atoms with Crippen LogP contribution in [0.2, 0.25) is 5.02 Å². The third kappa shape index (κ3) is 3.80. The molecule has 1 saturated heterocycles. The average molecular weight is 345 g/mol. The van der Waals surface area contributed by atoms with Gasteiger partial charge < -0.3 is 4.90 Å². The molecule has 0 aliphatic carbocycles. The van der Waals surface area contributed by atoms with Crippen LogP contribution in [0.3, 0.4) is 0 Å². The first-order valence-corrected chi connectivity index (χ1v) is 9.26. The summed E-state index contributed by atoms with van der Waals surface area (Å²) in [5.41, 5.74) is 0. The summed E-state index contributed by atoms with van der Waals surface area (Å²) < 4.78 is 27.2. The normalized spacial score (nSPS) is 20.7. The van der Waals surface area contributed by atoms with Crippen LogP contribution < -0.4 is 4.72 Å². The number of carbonyl (C=O) groups is 1. The number of hydrogen-bond donors (Lipinski definition) is 1. The molecule has 0 bridgehead atoms. The number of rotatable bonds is 4. The highest BCUT2D eigenvalue weighted by molar-refractivity contribution is 7.89. The monoisotopic (exact) mass is 344 g/mol. The van der Waals surface area contributed by atoms with Crippen molar-refractivity contribution in [2.45, 2.75) is 50.1 Å². The molecule has 22 heavy (non-hydrogen) atoms. The zero-order chi connectivity index (χ0) is 16.3. The van der Waals surface area contributed by atoms with E-state index in [0.717, 1.165) is 19.3 Å². The van der Waals surface area contributed by atoms with Gasteiger partial charge in [-0.1, -0.05) is 23.7 Å². The number of carbonyl (C=O) groups excluding carboxylic acids is 1. The lowest BCUT2D eigenvalue weighted by atomic mass is 10.0. The summed E-state index contributed by atoms with van der Waals surface area (Å²) in [6.45, 7) is 4.24. The number of nitrogens with one attached hydrogen (secondary N) is 1. The van der Waals surface area contributed by atoms with Gasteiger partial charge in [0, 0.05) is 12.6 Å². The second kappa shape index (κ2) is 6.98. The molecule has 1 aliphatic rings. The number of nitrogens with zero attached hydrogens (tertiary/aromatic N) is 1. The Morgan fingerprint density at radius 3 is 2.68 bits per heavy atom. The Hall–Kier alpha value is -1.11. The van der Waals surface area contributed by atoms with Gasteiger partial charge in [0.25, 0.3) is 0 Å².